The Morgan fingerprint density at radius 1 is 1.06 bits per heavy atom. The number of nitrogens with two attached hydrogens (primary N) is 1. The zero-order valence-electron chi connectivity index (χ0n) is 10.2. The first-order valence-electron chi connectivity index (χ1n) is 6.43. The largest absolute Gasteiger partial charge is 0.382 e. The molecule has 3 rings (SSSR count). The molecule has 0 spiro atoms. The fraction of sp³-hybridized carbons (Fsp3) is 0.538. The second-order valence-electron chi connectivity index (χ2n) is 5.41. The number of nitrogens with one attached hydrogen (secondary N) is 1. The highest BCUT2D eigenvalue weighted by molar-refractivity contribution is 7.89. The van der Waals surface area contributed by atoms with Crippen molar-refractivity contribution in [2.75, 3.05) is 5.32 Å². The first-order valence-corrected chi connectivity index (χ1v) is 7.98. The molecule has 2 saturated carbocycles. The Labute approximate surface area is 108 Å². The van der Waals surface area contributed by atoms with E-state index in [4.69, 9.17) is 5.14 Å². The summed E-state index contributed by atoms with van der Waals surface area (Å²) in [6.07, 6.45) is 5.29. The molecule has 1 aromatic rings. The lowest BCUT2D eigenvalue weighted by molar-refractivity contribution is 0.567. The molecule has 98 valence electrons. The minimum absolute atomic E-state index is 0.169. The molecule has 0 radical (unpaired) electrons. The average Bonchev–Trinajstić information content (AvgIpc) is 3.16. The van der Waals surface area contributed by atoms with Gasteiger partial charge in [-0.2, -0.15) is 0 Å². The van der Waals surface area contributed by atoms with Crippen LogP contribution in [0.15, 0.2) is 29.2 Å². The third-order valence-electron chi connectivity index (χ3n) is 3.78. The van der Waals surface area contributed by atoms with Crippen LogP contribution in [0.5, 0.6) is 0 Å². The summed E-state index contributed by atoms with van der Waals surface area (Å²) in [5.41, 5.74) is 0.992. The van der Waals surface area contributed by atoms with Crippen molar-refractivity contribution >= 4 is 15.7 Å². The highest BCUT2D eigenvalue weighted by Crippen LogP contribution is 2.45. The quantitative estimate of drug-likeness (QED) is 0.855. The third-order valence-corrected chi connectivity index (χ3v) is 4.71. The average molecular weight is 266 g/mol. The highest BCUT2D eigenvalue weighted by atomic mass is 32.2. The van der Waals surface area contributed by atoms with Gasteiger partial charge in [0, 0.05) is 11.7 Å². The van der Waals surface area contributed by atoms with Crippen LogP contribution in [0.4, 0.5) is 5.69 Å². The molecule has 0 saturated heterocycles. The normalized spacial score (nSPS) is 20.1. The molecular formula is C13H18N2O2S. The fourth-order valence-corrected chi connectivity index (χ4v) is 2.98. The lowest BCUT2D eigenvalue weighted by Gasteiger charge is -2.19. The van der Waals surface area contributed by atoms with Crippen molar-refractivity contribution in [3.63, 3.8) is 0 Å². The maximum atomic E-state index is 11.2. The van der Waals surface area contributed by atoms with E-state index in [1.807, 2.05) is 0 Å². The van der Waals surface area contributed by atoms with Crippen LogP contribution >= 0.6 is 0 Å². The van der Waals surface area contributed by atoms with Gasteiger partial charge in [0.15, 0.2) is 0 Å². The second kappa shape index (κ2) is 4.24. The molecule has 0 atom stereocenters. The molecule has 4 nitrogen and oxygen atoms in total. The highest BCUT2D eigenvalue weighted by Gasteiger charge is 2.41. The molecule has 0 aromatic heterocycles. The van der Waals surface area contributed by atoms with Crippen LogP contribution in [0.2, 0.25) is 0 Å². The Morgan fingerprint density at radius 2 is 1.56 bits per heavy atom. The van der Waals surface area contributed by atoms with Gasteiger partial charge in [-0.25, -0.2) is 13.6 Å². The third kappa shape index (κ3) is 2.67. The predicted molar refractivity (Wildman–Crippen MR) is 70.7 cm³/mol. The number of hydrogen-bond acceptors (Lipinski definition) is 3. The molecule has 5 heteroatoms. The number of sulfonamides is 1. The Kier molecular flexibility index (Phi) is 2.83. The van der Waals surface area contributed by atoms with Crippen molar-refractivity contribution in [3.8, 4) is 0 Å². The number of benzene rings is 1. The van der Waals surface area contributed by atoms with Gasteiger partial charge in [-0.05, 0) is 61.8 Å². The predicted octanol–water partition coefficient (Wildman–Crippen LogP) is 1.93. The van der Waals surface area contributed by atoms with Gasteiger partial charge in [-0.15, -0.1) is 0 Å². The van der Waals surface area contributed by atoms with E-state index in [0.29, 0.717) is 6.04 Å². The monoisotopic (exact) mass is 266 g/mol. The summed E-state index contributed by atoms with van der Waals surface area (Å²) >= 11 is 0. The zero-order chi connectivity index (χ0) is 12.8. The van der Waals surface area contributed by atoms with Crippen molar-refractivity contribution in [1.82, 2.24) is 0 Å². The maximum absolute atomic E-state index is 11.2. The molecule has 2 aliphatic rings. The molecule has 2 aliphatic carbocycles. The molecule has 0 aliphatic heterocycles. The van der Waals surface area contributed by atoms with Crippen LogP contribution in [0.3, 0.4) is 0 Å². The van der Waals surface area contributed by atoms with Crippen LogP contribution < -0.4 is 10.5 Å². The van der Waals surface area contributed by atoms with Gasteiger partial charge in [0.05, 0.1) is 4.90 Å². The van der Waals surface area contributed by atoms with Crippen molar-refractivity contribution < 1.29 is 8.42 Å². The first kappa shape index (κ1) is 12.0. The summed E-state index contributed by atoms with van der Waals surface area (Å²) in [5.74, 6) is 1.63. The topological polar surface area (TPSA) is 72.2 Å². The fourth-order valence-electron chi connectivity index (χ4n) is 2.46. The van der Waals surface area contributed by atoms with E-state index < -0.39 is 10.0 Å². The van der Waals surface area contributed by atoms with Crippen molar-refractivity contribution in [3.05, 3.63) is 24.3 Å². The number of hydrogen-bond donors (Lipinski definition) is 2. The Bertz CT molecular complexity index is 519. The SMILES string of the molecule is NS(=O)(=O)c1ccc(NC(C2CC2)C2CC2)cc1. The summed E-state index contributed by atoms with van der Waals surface area (Å²) in [6, 6.07) is 7.31. The molecule has 3 N–H and O–H groups in total. The van der Waals surface area contributed by atoms with E-state index in [9.17, 15) is 8.42 Å². The minimum atomic E-state index is -3.58. The molecule has 0 unspecified atom stereocenters. The lowest BCUT2D eigenvalue weighted by Crippen LogP contribution is -2.24. The molecule has 0 heterocycles. The van der Waals surface area contributed by atoms with Crippen LogP contribution in [-0.2, 0) is 10.0 Å². The Hall–Kier alpha value is -1.07. The van der Waals surface area contributed by atoms with Gasteiger partial charge < -0.3 is 5.32 Å². The van der Waals surface area contributed by atoms with E-state index in [1.54, 1.807) is 24.3 Å². The Morgan fingerprint density at radius 3 is 1.94 bits per heavy atom. The Balaban J connectivity index is 1.72. The molecule has 0 bridgehead atoms. The zero-order valence-corrected chi connectivity index (χ0v) is 11.0. The summed E-state index contributed by atoms with van der Waals surface area (Å²) in [7, 11) is -3.58. The van der Waals surface area contributed by atoms with Crippen molar-refractivity contribution in [2.45, 2.75) is 36.6 Å². The molecule has 0 amide bonds. The molecular weight excluding hydrogens is 248 g/mol. The van der Waals surface area contributed by atoms with Crippen LogP contribution in [0.25, 0.3) is 0 Å². The van der Waals surface area contributed by atoms with Crippen molar-refractivity contribution in [2.24, 2.45) is 17.0 Å². The number of anilines is 1. The van der Waals surface area contributed by atoms with Gasteiger partial charge in [0.2, 0.25) is 10.0 Å². The number of rotatable bonds is 5. The summed E-state index contributed by atoms with van der Waals surface area (Å²) in [5, 5.41) is 8.62. The molecule has 18 heavy (non-hydrogen) atoms. The van der Waals surface area contributed by atoms with E-state index in [-0.39, 0.29) is 4.90 Å². The van der Waals surface area contributed by atoms with Gasteiger partial charge in [0.1, 0.15) is 0 Å². The van der Waals surface area contributed by atoms with E-state index >= 15 is 0 Å². The van der Waals surface area contributed by atoms with Crippen LogP contribution in [0, 0.1) is 11.8 Å². The first-order chi connectivity index (χ1) is 8.54. The number of primary sulfonamides is 1. The summed E-state index contributed by atoms with van der Waals surface area (Å²) < 4.78 is 22.3. The lowest BCUT2D eigenvalue weighted by atomic mass is 10.1. The minimum Gasteiger partial charge on any atom is -0.382 e. The summed E-state index contributed by atoms with van der Waals surface area (Å²) in [6.45, 7) is 0. The summed E-state index contributed by atoms with van der Waals surface area (Å²) in [4.78, 5) is 0.169. The van der Waals surface area contributed by atoms with Gasteiger partial charge >= 0.3 is 0 Å². The second-order valence-corrected chi connectivity index (χ2v) is 6.98. The standard InChI is InChI=1S/C13H18N2O2S/c14-18(16,17)12-7-5-11(6-8-12)15-13(9-1-2-9)10-3-4-10/h5-10,13,15H,1-4H2,(H2,14,16,17). The van der Waals surface area contributed by atoms with Gasteiger partial charge in [0.25, 0.3) is 0 Å². The molecule has 1 aromatic carbocycles. The van der Waals surface area contributed by atoms with Crippen LogP contribution in [-0.4, -0.2) is 14.5 Å². The van der Waals surface area contributed by atoms with Crippen LogP contribution in [0.1, 0.15) is 25.7 Å². The maximum Gasteiger partial charge on any atom is 0.238 e. The van der Waals surface area contributed by atoms with E-state index in [1.165, 1.54) is 25.7 Å². The van der Waals surface area contributed by atoms with Crippen molar-refractivity contribution in [1.29, 1.82) is 0 Å². The van der Waals surface area contributed by atoms with E-state index in [2.05, 4.69) is 5.32 Å². The van der Waals surface area contributed by atoms with E-state index in [0.717, 1.165) is 17.5 Å². The molecule has 2 fully saturated rings. The van der Waals surface area contributed by atoms with Gasteiger partial charge in [-0.3, -0.25) is 0 Å². The smallest absolute Gasteiger partial charge is 0.238 e. The van der Waals surface area contributed by atoms with Gasteiger partial charge in [-0.1, -0.05) is 0 Å².